The summed E-state index contributed by atoms with van der Waals surface area (Å²) in [5.41, 5.74) is 7.94. The minimum Gasteiger partial charge on any atom is -0.399 e. The molecule has 2 N–H and O–H groups in total. The first-order valence-electron chi connectivity index (χ1n) is 6.28. The molecule has 1 heterocycles. The summed E-state index contributed by atoms with van der Waals surface area (Å²) in [6.45, 7) is 5.25. The molecule has 0 radical (unpaired) electrons. The number of hydrogen-bond acceptors (Lipinski definition) is 3. The second-order valence-electron chi connectivity index (χ2n) is 4.94. The third-order valence-electron chi connectivity index (χ3n) is 3.86. The monoisotopic (exact) mass is 234 g/mol. The van der Waals surface area contributed by atoms with Crippen molar-refractivity contribution in [2.24, 2.45) is 0 Å². The van der Waals surface area contributed by atoms with Crippen LogP contribution in [0.25, 0.3) is 0 Å². The first kappa shape index (κ1) is 12.4. The van der Waals surface area contributed by atoms with E-state index in [1.807, 2.05) is 12.1 Å². The van der Waals surface area contributed by atoms with Crippen LogP contribution in [-0.4, -0.2) is 30.7 Å². The van der Waals surface area contributed by atoms with E-state index >= 15 is 0 Å². The average Bonchev–Trinajstić information content (AvgIpc) is 2.73. The maximum Gasteiger partial charge on any atom is 0.0703 e. The molecule has 94 valence electrons. The maximum atomic E-state index is 5.83. The molecule has 1 fully saturated rings. The molecule has 0 aromatic heterocycles. The van der Waals surface area contributed by atoms with E-state index in [2.05, 4.69) is 37.9 Å². The summed E-state index contributed by atoms with van der Waals surface area (Å²) >= 11 is 0. The summed E-state index contributed by atoms with van der Waals surface area (Å²) in [7, 11) is 2.17. The topological polar surface area (TPSA) is 38.5 Å². The van der Waals surface area contributed by atoms with E-state index < -0.39 is 0 Å². The molecule has 1 saturated heterocycles. The predicted octanol–water partition coefficient (Wildman–Crippen LogP) is 2.44. The van der Waals surface area contributed by atoms with Gasteiger partial charge < -0.3 is 10.5 Å². The smallest absolute Gasteiger partial charge is 0.0703 e. The van der Waals surface area contributed by atoms with Gasteiger partial charge in [-0.2, -0.15) is 0 Å². The van der Waals surface area contributed by atoms with Gasteiger partial charge in [-0.25, -0.2) is 0 Å². The minimum absolute atomic E-state index is 0.323. The number of nitrogen functional groups attached to an aromatic ring is 1. The predicted molar refractivity (Wildman–Crippen MR) is 70.9 cm³/mol. The summed E-state index contributed by atoms with van der Waals surface area (Å²) in [6.07, 6.45) is 1.44. The molecule has 3 atom stereocenters. The molecule has 0 bridgehead atoms. The molecule has 0 saturated carbocycles. The zero-order valence-electron chi connectivity index (χ0n) is 10.9. The Balaban J connectivity index is 2.11. The van der Waals surface area contributed by atoms with E-state index in [-0.39, 0.29) is 0 Å². The zero-order valence-corrected chi connectivity index (χ0v) is 10.9. The van der Waals surface area contributed by atoms with Crippen molar-refractivity contribution in [3.63, 3.8) is 0 Å². The summed E-state index contributed by atoms with van der Waals surface area (Å²) in [6, 6.07) is 9.01. The van der Waals surface area contributed by atoms with Gasteiger partial charge in [0.25, 0.3) is 0 Å². The molecule has 3 heteroatoms. The van der Waals surface area contributed by atoms with Crippen LogP contribution in [0.4, 0.5) is 5.69 Å². The van der Waals surface area contributed by atoms with Gasteiger partial charge in [-0.1, -0.05) is 12.1 Å². The van der Waals surface area contributed by atoms with Gasteiger partial charge in [-0.05, 0) is 45.0 Å². The number of benzene rings is 1. The molecule has 3 nitrogen and oxygen atoms in total. The highest BCUT2D eigenvalue weighted by molar-refractivity contribution is 5.41. The van der Waals surface area contributed by atoms with Crippen LogP contribution in [0.2, 0.25) is 0 Å². The van der Waals surface area contributed by atoms with Crippen molar-refractivity contribution in [3.8, 4) is 0 Å². The number of nitrogens with zero attached hydrogens (tertiary/aromatic N) is 1. The Bertz CT molecular complexity index is 380. The second kappa shape index (κ2) is 5.07. The molecule has 0 spiro atoms. The molecule has 3 unspecified atom stereocenters. The van der Waals surface area contributed by atoms with Crippen LogP contribution in [0.1, 0.15) is 31.9 Å². The average molecular weight is 234 g/mol. The molecule has 0 aliphatic carbocycles. The summed E-state index contributed by atoms with van der Waals surface area (Å²) in [5.74, 6) is 0. The van der Waals surface area contributed by atoms with Crippen molar-refractivity contribution < 1.29 is 4.74 Å². The standard InChI is InChI=1S/C14H22N2O/c1-10(12-5-4-6-13(15)9-12)16(3)14-7-8-17-11(14)2/h4-6,9-11,14H,7-8,15H2,1-3H3. The first-order valence-corrected chi connectivity index (χ1v) is 6.28. The Labute approximate surface area is 104 Å². The van der Waals surface area contributed by atoms with Gasteiger partial charge in [0.1, 0.15) is 0 Å². The molecule has 0 amide bonds. The molecule has 1 aliphatic heterocycles. The Hall–Kier alpha value is -1.06. The van der Waals surface area contributed by atoms with Crippen molar-refractivity contribution in [1.82, 2.24) is 4.90 Å². The quantitative estimate of drug-likeness (QED) is 0.816. The molecule has 1 aliphatic rings. The fourth-order valence-corrected chi connectivity index (χ4v) is 2.60. The third-order valence-corrected chi connectivity index (χ3v) is 3.86. The number of likely N-dealkylation sites (N-methyl/N-ethyl adjacent to an activating group) is 1. The van der Waals surface area contributed by atoms with E-state index in [0.29, 0.717) is 18.2 Å². The van der Waals surface area contributed by atoms with Crippen molar-refractivity contribution in [2.75, 3.05) is 19.4 Å². The fraction of sp³-hybridized carbons (Fsp3) is 0.571. The Morgan fingerprint density at radius 2 is 2.24 bits per heavy atom. The van der Waals surface area contributed by atoms with Crippen LogP contribution in [0, 0.1) is 0 Å². The number of hydrogen-bond donors (Lipinski definition) is 1. The van der Waals surface area contributed by atoms with Gasteiger partial charge in [0, 0.05) is 24.4 Å². The molecular formula is C14H22N2O. The van der Waals surface area contributed by atoms with Crippen LogP contribution in [0.3, 0.4) is 0 Å². The highest BCUT2D eigenvalue weighted by Crippen LogP contribution is 2.27. The van der Waals surface area contributed by atoms with Gasteiger partial charge >= 0.3 is 0 Å². The van der Waals surface area contributed by atoms with Crippen molar-refractivity contribution >= 4 is 5.69 Å². The lowest BCUT2D eigenvalue weighted by atomic mass is 10.0. The van der Waals surface area contributed by atoms with Gasteiger partial charge in [0.05, 0.1) is 6.10 Å². The summed E-state index contributed by atoms with van der Waals surface area (Å²) in [4.78, 5) is 2.40. The van der Waals surface area contributed by atoms with E-state index in [1.54, 1.807) is 0 Å². The van der Waals surface area contributed by atoms with E-state index in [1.165, 1.54) is 5.56 Å². The number of anilines is 1. The van der Waals surface area contributed by atoms with E-state index in [4.69, 9.17) is 10.5 Å². The molecule has 17 heavy (non-hydrogen) atoms. The van der Waals surface area contributed by atoms with Gasteiger partial charge in [0.15, 0.2) is 0 Å². The number of ether oxygens (including phenoxy) is 1. The lowest BCUT2D eigenvalue weighted by Gasteiger charge is -2.32. The van der Waals surface area contributed by atoms with Gasteiger partial charge in [0.2, 0.25) is 0 Å². The maximum absolute atomic E-state index is 5.83. The van der Waals surface area contributed by atoms with Crippen LogP contribution >= 0.6 is 0 Å². The highest BCUT2D eigenvalue weighted by atomic mass is 16.5. The van der Waals surface area contributed by atoms with Crippen molar-refractivity contribution in [3.05, 3.63) is 29.8 Å². The lowest BCUT2D eigenvalue weighted by molar-refractivity contribution is 0.0704. The normalized spacial score (nSPS) is 26.4. The largest absolute Gasteiger partial charge is 0.399 e. The van der Waals surface area contributed by atoms with Crippen molar-refractivity contribution in [2.45, 2.75) is 38.5 Å². The first-order chi connectivity index (χ1) is 8.09. The fourth-order valence-electron chi connectivity index (χ4n) is 2.60. The summed E-state index contributed by atoms with van der Waals surface area (Å²) < 4.78 is 5.63. The highest BCUT2D eigenvalue weighted by Gasteiger charge is 2.30. The van der Waals surface area contributed by atoms with Crippen LogP contribution in [0.5, 0.6) is 0 Å². The van der Waals surface area contributed by atoms with Crippen LogP contribution in [-0.2, 0) is 4.74 Å². The van der Waals surface area contributed by atoms with Crippen LogP contribution in [0.15, 0.2) is 24.3 Å². The van der Waals surface area contributed by atoms with E-state index in [0.717, 1.165) is 18.7 Å². The van der Waals surface area contributed by atoms with E-state index in [9.17, 15) is 0 Å². The molecule has 1 aromatic carbocycles. The van der Waals surface area contributed by atoms with Crippen LogP contribution < -0.4 is 5.73 Å². The second-order valence-corrected chi connectivity index (χ2v) is 4.94. The Morgan fingerprint density at radius 1 is 1.47 bits per heavy atom. The SMILES string of the molecule is CC1OCCC1N(C)C(C)c1cccc(N)c1. The lowest BCUT2D eigenvalue weighted by Crippen LogP contribution is -2.38. The Morgan fingerprint density at radius 3 is 2.82 bits per heavy atom. The molecule has 2 rings (SSSR count). The number of nitrogens with two attached hydrogens (primary N) is 1. The molecular weight excluding hydrogens is 212 g/mol. The summed E-state index contributed by atoms with van der Waals surface area (Å²) in [5, 5.41) is 0. The third kappa shape index (κ3) is 2.61. The zero-order chi connectivity index (χ0) is 12.4. The van der Waals surface area contributed by atoms with Gasteiger partial charge in [-0.15, -0.1) is 0 Å². The minimum atomic E-state index is 0.323. The van der Waals surface area contributed by atoms with Crippen molar-refractivity contribution in [1.29, 1.82) is 0 Å². The van der Waals surface area contributed by atoms with Gasteiger partial charge in [-0.3, -0.25) is 4.90 Å². The number of rotatable bonds is 3. The molecule has 1 aromatic rings. The Kier molecular flexibility index (Phi) is 3.69.